The van der Waals surface area contributed by atoms with Gasteiger partial charge in [0.25, 0.3) is 0 Å². The molecule has 1 saturated heterocycles. The molecule has 1 aromatic rings. The number of hydrogen-bond donors (Lipinski definition) is 2. The Balaban J connectivity index is 1.60. The molecule has 9 heteroatoms. The van der Waals surface area contributed by atoms with Crippen LogP contribution in [0.5, 0.6) is 5.75 Å². The molecule has 6 nitrogen and oxygen atoms in total. The first-order chi connectivity index (χ1) is 12.1. The Morgan fingerprint density at radius 2 is 1.92 bits per heavy atom. The number of nitrogens with zero attached hydrogens (tertiary/aromatic N) is 2. The van der Waals surface area contributed by atoms with Crippen LogP contribution in [0.2, 0.25) is 15.1 Å². The summed E-state index contributed by atoms with van der Waals surface area (Å²) in [5.41, 5.74) is 5.83. The SMILES string of the molecule is NC(=NCCCN1CCOCC1)NCCOc1c(Cl)cc(Cl)cc1Cl. The quantitative estimate of drug-likeness (QED) is 0.392. The second kappa shape index (κ2) is 10.9. The van der Waals surface area contributed by atoms with Gasteiger partial charge in [-0.05, 0) is 18.6 Å². The van der Waals surface area contributed by atoms with Crippen LogP contribution in [0, 0.1) is 0 Å². The lowest BCUT2D eigenvalue weighted by molar-refractivity contribution is 0.0377. The number of ether oxygens (including phenoxy) is 2. The van der Waals surface area contributed by atoms with E-state index in [-0.39, 0.29) is 0 Å². The Morgan fingerprint density at radius 3 is 2.60 bits per heavy atom. The molecule has 0 amide bonds. The minimum Gasteiger partial charge on any atom is -0.489 e. The highest BCUT2D eigenvalue weighted by Gasteiger charge is 2.10. The van der Waals surface area contributed by atoms with Crippen molar-refractivity contribution in [2.75, 3.05) is 52.5 Å². The van der Waals surface area contributed by atoms with Crippen molar-refractivity contribution in [3.05, 3.63) is 27.2 Å². The summed E-state index contributed by atoms with van der Waals surface area (Å²) in [6.45, 7) is 6.15. The van der Waals surface area contributed by atoms with E-state index in [1.165, 1.54) is 0 Å². The van der Waals surface area contributed by atoms with Gasteiger partial charge in [0.1, 0.15) is 6.61 Å². The van der Waals surface area contributed by atoms with E-state index in [9.17, 15) is 0 Å². The molecule has 1 aromatic carbocycles. The van der Waals surface area contributed by atoms with Gasteiger partial charge in [-0.15, -0.1) is 0 Å². The minimum absolute atomic E-state index is 0.352. The van der Waals surface area contributed by atoms with Crippen LogP contribution in [0.25, 0.3) is 0 Å². The van der Waals surface area contributed by atoms with Crippen LogP contribution in [0.3, 0.4) is 0 Å². The molecule has 1 fully saturated rings. The lowest BCUT2D eigenvalue weighted by Gasteiger charge is -2.26. The molecule has 0 atom stereocenters. The van der Waals surface area contributed by atoms with Crippen LogP contribution in [-0.4, -0.2) is 63.4 Å². The fraction of sp³-hybridized carbons (Fsp3) is 0.562. The molecule has 1 aliphatic heterocycles. The van der Waals surface area contributed by atoms with Crippen molar-refractivity contribution in [1.82, 2.24) is 10.2 Å². The summed E-state index contributed by atoms with van der Waals surface area (Å²) in [4.78, 5) is 6.67. The van der Waals surface area contributed by atoms with Crippen LogP contribution in [0.4, 0.5) is 0 Å². The van der Waals surface area contributed by atoms with Gasteiger partial charge in [-0.3, -0.25) is 9.89 Å². The zero-order chi connectivity index (χ0) is 18.1. The zero-order valence-electron chi connectivity index (χ0n) is 13.9. The Kier molecular flexibility index (Phi) is 8.92. The van der Waals surface area contributed by atoms with Gasteiger partial charge in [-0.2, -0.15) is 0 Å². The van der Waals surface area contributed by atoms with E-state index in [0.717, 1.165) is 39.3 Å². The van der Waals surface area contributed by atoms with Gasteiger partial charge in [-0.25, -0.2) is 0 Å². The lowest BCUT2D eigenvalue weighted by atomic mass is 10.3. The van der Waals surface area contributed by atoms with Crippen molar-refractivity contribution >= 4 is 40.8 Å². The van der Waals surface area contributed by atoms with E-state index in [0.29, 0.717) is 46.5 Å². The van der Waals surface area contributed by atoms with E-state index < -0.39 is 0 Å². The molecule has 0 aliphatic carbocycles. The monoisotopic (exact) mass is 408 g/mol. The minimum atomic E-state index is 0.352. The third kappa shape index (κ3) is 7.46. The topological polar surface area (TPSA) is 72.1 Å². The van der Waals surface area contributed by atoms with Gasteiger partial charge < -0.3 is 20.5 Å². The summed E-state index contributed by atoms with van der Waals surface area (Å²) in [6.07, 6.45) is 0.967. The van der Waals surface area contributed by atoms with Crippen LogP contribution < -0.4 is 15.8 Å². The lowest BCUT2D eigenvalue weighted by Crippen LogP contribution is -2.37. The van der Waals surface area contributed by atoms with Crippen LogP contribution >= 0.6 is 34.8 Å². The molecule has 0 saturated carbocycles. The highest BCUT2D eigenvalue weighted by atomic mass is 35.5. The Labute approximate surface area is 163 Å². The first kappa shape index (κ1) is 20.4. The first-order valence-electron chi connectivity index (χ1n) is 8.17. The van der Waals surface area contributed by atoms with Gasteiger partial charge in [0.15, 0.2) is 11.7 Å². The number of benzene rings is 1. The standard InChI is InChI=1S/C16H23Cl3N4O2/c17-12-10-13(18)15(14(19)11-12)25-7-3-22-16(20)21-2-1-4-23-5-8-24-9-6-23/h10-11H,1-9H2,(H3,20,21,22). The maximum Gasteiger partial charge on any atom is 0.188 e. The van der Waals surface area contributed by atoms with E-state index >= 15 is 0 Å². The summed E-state index contributed by atoms with van der Waals surface area (Å²) in [7, 11) is 0. The molecule has 0 spiro atoms. The molecule has 1 heterocycles. The number of halogens is 3. The summed E-state index contributed by atoms with van der Waals surface area (Å²) in [5.74, 6) is 0.814. The number of aliphatic imine (C=N–C) groups is 1. The number of hydrogen-bond acceptors (Lipinski definition) is 4. The van der Waals surface area contributed by atoms with E-state index in [1.54, 1.807) is 12.1 Å². The molecule has 1 aliphatic rings. The third-order valence-corrected chi connectivity index (χ3v) is 4.42. The highest BCUT2D eigenvalue weighted by Crippen LogP contribution is 2.35. The van der Waals surface area contributed by atoms with Crippen molar-refractivity contribution in [2.24, 2.45) is 10.7 Å². The second-order valence-corrected chi connectivity index (χ2v) is 6.80. The molecule has 0 unspecified atom stereocenters. The molecular formula is C16H23Cl3N4O2. The molecule has 3 N–H and O–H groups in total. The average molecular weight is 410 g/mol. The Bertz CT molecular complexity index is 557. The van der Waals surface area contributed by atoms with Crippen LogP contribution in [0.1, 0.15) is 6.42 Å². The van der Waals surface area contributed by atoms with E-state index in [1.807, 2.05) is 0 Å². The van der Waals surface area contributed by atoms with Crippen molar-refractivity contribution in [3.8, 4) is 5.75 Å². The summed E-state index contributed by atoms with van der Waals surface area (Å²) < 4.78 is 10.9. The average Bonchev–Trinajstić information content (AvgIpc) is 2.58. The van der Waals surface area contributed by atoms with Gasteiger partial charge in [-0.1, -0.05) is 34.8 Å². The Morgan fingerprint density at radius 1 is 1.24 bits per heavy atom. The molecule has 2 rings (SSSR count). The largest absolute Gasteiger partial charge is 0.489 e. The summed E-state index contributed by atoms with van der Waals surface area (Å²) >= 11 is 18.0. The maximum atomic E-state index is 6.05. The fourth-order valence-electron chi connectivity index (χ4n) is 2.37. The van der Waals surface area contributed by atoms with E-state index in [2.05, 4.69) is 15.2 Å². The van der Waals surface area contributed by atoms with Crippen LogP contribution in [0.15, 0.2) is 17.1 Å². The normalized spacial score (nSPS) is 16.0. The Hall–Kier alpha value is -0.920. The molecular weight excluding hydrogens is 387 g/mol. The first-order valence-corrected chi connectivity index (χ1v) is 9.31. The number of rotatable bonds is 8. The smallest absolute Gasteiger partial charge is 0.188 e. The maximum absolute atomic E-state index is 6.05. The van der Waals surface area contributed by atoms with Gasteiger partial charge in [0.05, 0.1) is 29.8 Å². The second-order valence-electron chi connectivity index (χ2n) is 5.55. The molecule has 25 heavy (non-hydrogen) atoms. The highest BCUT2D eigenvalue weighted by molar-refractivity contribution is 6.40. The number of nitrogens with two attached hydrogens (primary N) is 1. The van der Waals surface area contributed by atoms with Gasteiger partial charge in [0, 0.05) is 31.2 Å². The molecule has 0 aromatic heterocycles. The molecule has 140 valence electrons. The number of guanidine groups is 1. The summed E-state index contributed by atoms with van der Waals surface area (Å²) in [5, 5.41) is 4.22. The molecule has 0 radical (unpaired) electrons. The van der Waals surface area contributed by atoms with Gasteiger partial charge >= 0.3 is 0 Å². The molecule has 0 bridgehead atoms. The number of nitrogens with one attached hydrogen (secondary N) is 1. The van der Waals surface area contributed by atoms with Crippen LogP contribution in [-0.2, 0) is 4.74 Å². The predicted octanol–water partition coefficient (Wildman–Crippen LogP) is 2.65. The van der Waals surface area contributed by atoms with E-state index in [4.69, 9.17) is 50.0 Å². The van der Waals surface area contributed by atoms with Crippen molar-refractivity contribution in [2.45, 2.75) is 6.42 Å². The van der Waals surface area contributed by atoms with Crippen molar-refractivity contribution in [1.29, 1.82) is 0 Å². The zero-order valence-corrected chi connectivity index (χ0v) is 16.2. The fourth-order valence-corrected chi connectivity index (χ4v) is 3.30. The number of morpholine rings is 1. The van der Waals surface area contributed by atoms with Crippen molar-refractivity contribution < 1.29 is 9.47 Å². The van der Waals surface area contributed by atoms with Crippen molar-refractivity contribution in [3.63, 3.8) is 0 Å². The predicted molar refractivity (Wildman–Crippen MR) is 103 cm³/mol. The van der Waals surface area contributed by atoms with Gasteiger partial charge in [0.2, 0.25) is 0 Å². The summed E-state index contributed by atoms with van der Waals surface area (Å²) in [6, 6.07) is 3.17. The third-order valence-electron chi connectivity index (χ3n) is 3.64.